The molecule has 0 aliphatic carbocycles. The first-order valence-electron chi connectivity index (χ1n) is 18.5. The van der Waals surface area contributed by atoms with Crippen LogP contribution in [-0.2, 0) is 20.1 Å². The standard InChI is InChI=1S/C31H19N2O.C17H22NSi.Ir/c1-2-9-21(10-3-1)22-17-19-23(20-18-22)33-28-15-6-5-14-27(28)32-31(33)26-13-8-12-25-24-11-4-7-16-29(24)34-30(25)26;1-13(2)14-6-8-15(9-7-14)17-11-10-16(12-18-17)19(3,4)5;/h1-12,14-20H;6-8,10-13H,1-5H3;/q2*-1;/i;13D;. The van der Waals surface area contributed by atoms with E-state index in [1.54, 1.807) is 0 Å². The van der Waals surface area contributed by atoms with Crippen LogP contribution < -0.4 is 5.19 Å². The molecule has 0 saturated carbocycles. The average molecular weight is 897 g/mol. The number of furan rings is 1. The zero-order chi connectivity index (χ0) is 37.5. The van der Waals surface area contributed by atoms with Crippen LogP contribution in [0.25, 0.3) is 72.4 Å². The molecule has 0 fully saturated rings. The van der Waals surface area contributed by atoms with Crippen LogP contribution in [0.1, 0.15) is 26.7 Å². The van der Waals surface area contributed by atoms with Crippen molar-refractivity contribution in [2.75, 3.05) is 0 Å². The molecule has 0 unspecified atom stereocenters. The summed E-state index contributed by atoms with van der Waals surface area (Å²) in [5.74, 6) is 0.239. The fourth-order valence-electron chi connectivity index (χ4n) is 6.64. The molecule has 0 aliphatic heterocycles. The van der Waals surface area contributed by atoms with E-state index in [1.165, 1.54) is 16.3 Å². The van der Waals surface area contributed by atoms with E-state index in [-0.39, 0.29) is 20.1 Å². The third-order valence-electron chi connectivity index (χ3n) is 9.65. The molecule has 0 bridgehead atoms. The van der Waals surface area contributed by atoms with Crippen LogP contribution in [0.2, 0.25) is 19.6 Å². The fraction of sp³-hybridized carbons (Fsp3) is 0.125. The van der Waals surface area contributed by atoms with E-state index in [9.17, 15) is 0 Å². The van der Waals surface area contributed by atoms with E-state index in [0.29, 0.717) is 0 Å². The van der Waals surface area contributed by atoms with Gasteiger partial charge in [-0.15, -0.1) is 53.6 Å². The van der Waals surface area contributed by atoms with Gasteiger partial charge in [0.2, 0.25) is 0 Å². The van der Waals surface area contributed by atoms with Crippen molar-refractivity contribution in [1.82, 2.24) is 14.5 Å². The van der Waals surface area contributed by atoms with Crippen molar-refractivity contribution in [2.24, 2.45) is 0 Å². The van der Waals surface area contributed by atoms with Crippen LogP contribution in [0.15, 0.2) is 156 Å². The molecule has 3 aromatic heterocycles. The number of imidazole rings is 1. The van der Waals surface area contributed by atoms with Crippen molar-refractivity contribution < 1.29 is 25.9 Å². The van der Waals surface area contributed by atoms with Gasteiger partial charge in [-0.25, -0.2) is 0 Å². The Balaban J connectivity index is 0.000000191. The van der Waals surface area contributed by atoms with Crippen LogP contribution in [0.5, 0.6) is 0 Å². The van der Waals surface area contributed by atoms with Crippen LogP contribution in [0.3, 0.4) is 0 Å². The topological polar surface area (TPSA) is 43.9 Å². The first-order chi connectivity index (χ1) is 26.0. The summed E-state index contributed by atoms with van der Waals surface area (Å²) in [5.41, 5.74) is 10.8. The molecule has 0 N–H and O–H groups in total. The van der Waals surface area contributed by atoms with E-state index in [2.05, 4.69) is 120 Å². The molecule has 3 heterocycles. The zero-order valence-corrected chi connectivity index (χ0v) is 34.4. The monoisotopic (exact) mass is 897 g/mol. The molecule has 1 radical (unpaired) electrons. The van der Waals surface area contributed by atoms with Gasteiger partial charge in [-0.1, -0.05) is 135 Å². The second-order valence-electron chi connectivity index (χ2n) is 14.5. The first kappa shape index (κ1) is 35.6. The van der Waals surface area contributed by atoms with Crippen molar-refractivity contribution in [3.05, 3.63) is 169 Å². The molecule has 9 rings (SSSR count). The summed E-state index contributed by atoms with van der Waals surface area (Å²) in [5, 5.41) is 3.54. The summed E-state index contributed by atoms with van der Waals surface area (Å²) in [6, 6.07) is 56.3. The number of aromatic nitrogens is 3. The largest absolute Gasteiger partial charge is 0.501 e. The van der Waals surface area contributed by atoms with Gasteiger partial charge < -0.3 is 14.0 Å². The summed E-state index contributed by atoms with van der Waals surface area (Å²) in [6.45, 7) is 10.7. The Morgan fingerprint density at radius 3 is 2.15 bits per heavy atom. The molecule has 269 valence electrons. The molecular formula is C48H41IrN3OSi-2. The van der Waals surface area contributed by atoms with Crippen molar-refractivity contribution in [3.63, 3.8) is 0 Å². The molecular weight excluding hydrogens is 855 g/mol. The second kappa shape index (κ2) is 15.5. The summed E-state index contributed by atoms with van der Waals surface area (Å²) < 4.78 is 16.5. The van der Waals surface area contributed by atoms with Gasteiger partial charge in [0.15, 0.2) is 0 Å². The Bertz CT molecular complexity index is 2650. The van der Waals surface area contributed by atoms with Gasteiger partial charge in [0.25, 0.3) is 0 Å². The molecule has 0 aliphatic rings. The summed E-state index contributed by atoms with van der Waals surface area (Å²) in [6.07, 6.45) is 2.00. The number of rotatable bonds is 6. The Morgan fingerprint density at radius 2 is 1.44 bits per heavy atom. The fourth-order valence-corrected chi connectivity index (χ4v) is 7.67. The molecule has 0 amide bonds. The van der Waals surface area contributed by atoms with E-state index >= 15 is 0 Å². The molecule has 4 nitrogen and oxygen atoms in total. The minimum absolute atomic E-state index is 0. The molecule has 9 aromatic rings. The van der Waals surface area contributed by atoms with Crippen LogP contribution in [0, 0.1) is 12.1 Å². The molecule has 0 spiro atoms. The van der Waals surface area contributed by atoms with Crippen molar-refractivity contribution in [1.29, 1.82) is 0 Å². The Labute approximate surface area is 333 Å². The van der Waals surface area contributed by atoms with Gasteiger partial charge >= 0.3 is 0 Å². The average Bonchev–Trinajstić information content (AvgIpc) is 3.77. The Hall–Kier alpha value is -5.39. The number of hydrogen-bond donors (Lipinski definition) is 0. The summed E-state index contributed by atoms with van der Waals surface area (Å²) in [4.78, 5) is 9.60. The van der Waals surface area contributed by atoms with E-state index in [4.69, 9.17) is 10.8 Å². The number of nitrogens with zero attached hydrogens (tertiary/aromatic N) is 3. The summed E-state index contributed by atoms with van der Waals surface area (Å²) in [7, 11) is -1.29. The third-order valence-corrected chi connectivity index (χ3v) is 11.7. The van der Waals surface area contributed by atoms with Crippen molar-refractivity contribution in [2.45, 2.75) is 39.4 Å². The van der Waals surface area contributed by atoms with Crippen molar-refractivity contribution >= 4 is 46.2 Å². The van der Waals surface area contributed by atoms with Gasteiger partial charge in [-0.2, -0.15) is 0 Å². The van der Waals surface area contributed by atoms with Crippen LogP contribution in [0.4, 0.5) is 0 Å². The van der Waals surface area contributed by atoms with E-state index in [0.717, 1.165) is 66.9 Å². The molecule has 0 atom stereocenters. The first-order valence-corrected chi connectivity index (χ1v) is 21.5. The van der Waals surface area contributed by atoms with Gasteiger partial charge in [-0.3, -0.25) is 4.98 Å². The maximum atomic E-state index is 8.01. The minimum Gasteiger partial charge on any atom is -0.501 e. The molecule has 54 heavy (non-hydrogen) atoms. The van der Waals surface area contributed by atoms with E-state index < -0.39 is 14.0 Å². The van der Waals surface area contributed by atoms with Gasteiger partial charge in [0.05, 0.1) is 30.5 Å². The van der Waals surface area contributed by atoms with Gasteiger partial charge in [0, 0.05) is 38.7 Å². The summed E-state index contributed by atoms with van der Waals surface area (Å²) >= 11 is 0. The predicted octanol–water partition coefficient (Wildman–Crippen LogP) is 12.3. The second-order valence-corrected chi connectivity index (χ2v) is 19.6. The number of fused-ring (bicyclic) bond motifs is 4. The van der Waals surface area contributed by atoms with Crippen molar-refractivity contribution in [3.8, 4) is 39.5 Å². The smallest absolute Gasteiger partial charge is 0.120 e. The van der Waals surface area contributed by atoms with E-state index in [1.807, 2.05) is 86.8 Å². The number of para-hydroxylation sites is 3. The van der Waals surface area contributed by atoms with Gasteiger partial charge in [-0.05, 0) is 52.3 Å². The van der Waals surface area contributed by atoms with Gasteiger partial charge in [0.1, 0.15) is 5.58 Å². The molecule has 6 heteroatoms. The number of benzene rings is 6. The Kier molecular flexibility index (Phi) is 10.2. The van der Waals surface area contributed by atoms with Crippen LogP contribution >= 0.6 is 0 Å². The number of hydrogen-bond acceptors (Lipinski definition) is 3. The minimum atomic E-state index is -1.29. The zero-order valence-electron chi connectivity index (χ0n) is 32.0. The maximum absolute atomic E-state index is 8.01. The predicted molar refractivity (Wildman–Crippen MR) is 224 cm³/mol. The molecule has 6 aromatic carbocycles. The quantitative estimate of drug-likeness (QED) is 0.123. The Morgan fingerprint density at radius 1 is 0.722 bits per heavy atom. The third kappa shape index (κ3) is 7.38. The van der Waals surface area contributed by atoms with Crippen LogP contribution in [-0.4, -0.2) is 22.6 Å². The maximum Gasteiger partial charge on any atom is 0.120 e. The SMILES string of the molecule is [2H]C(C)(C)c1c[c-]c(-c2ccc([Si](C)(C)C)cn2)cc1.[Ir].[c-]1ccc2c(oc3ccccc32)c1-c1nc2ccccc2n1-c1ccc(-c2ccccc2)cc1. The molecule has 0 saturated heterocycles. The number of pyridine rings is 1. The normalized spacial score (nSPS) is 11.9.